The number of nitrogens with one attached hydrogen (secondary N) is 2. The van der Waals surface area contributed by atoms with Crippen molar-refractivity contribution in [1.29, 1.82) is 0 Å². The first-order chi connectivity index (χ1) is 9.17. The SMILES string of the molecule is CSc1cccc(NC(=S)Nc2ccc(Br)cc2)c1. The van der Waals surface area contributed by atoms with Gasteiger partial charge < -0.3 is 10.6 Å². The second kappa shape index (κ2) is 6.93. The number of thioether (sulfide) groups is 1. The van der Waals surface area contributed by atoms with E-state index in [2.05, 4.69) is 45.0 Å². The molecule has 2 rings (SSSR count). The highest BCUT2D eigenvalue weighted by molar-refractivity contribution is 9.10. The van der Waals surface area contributed by atoms with E-state index in [-0.39, 0.29) is 0 Å². The summed E-state index contributed by atoms with van der Waals surface area (Å²) in [5.74, 6) is 0. The van der Waals surface area contributed by atoms with Gasteiger partial charge in [-0.25, -0.2) is 0 Å². The third kappa shape index (κ3) is 4.53. The Morgan fingerprint density at radius 3 is 2.42 bits per heavy atom. The molecule has 0 aliphatic carbocycles. The average Bonchev–Trinajstić information content (AvgIpc) is 2.41. The Kier molecular flexibility index (Phi) is 5.24. The highest BCUT2D eigenvalue weighted by Crippen LogP contribution is 2.19. The van der Waals surface area contributed by atoms with E-state index in [1.54, 1.807) is 11.8 Å². The van der Waals surface area contributed by atoms with E-state index in [1.807, 2.05) is 36.4 Å². The molecule has 0 heterocycles. The molecule has 2 N–H and O–H groups in total. The minimum absolute atomic E-state index is 0.584. The number of anilines is 2. The topological polar surface area (TPSA) is 24.1 Å². The van der Waals surface area contributed by atoms with Gasteiger partial charge in [-0.1, -0.05) is 22.0 Å². The first-order valence-corrected chi connectivity index (χ1v) is 8.07. The molecular formula is C14H13BrN2S2. The Hall–Kier alpha value is -1.04. The number of benzene rings is 2. The Balaban J connectivity index is 1.99. The largest absolute Gasteiger partial charge is 0.332 e. The third-order valence-corrected chi connectivity index (χ3v) is 3.89. The quantitative estimate of drug-likeness (QED) is 0.600. The van der Waals surface area contributed by atoms with Gasteiger partial charge in [-0.15, -0.1) is 11.8 Å². The molecule has 0 bridgehead atoms. The van der Waals surface area contributed by atoms with Gasteiger partial charge in [0, 0.05) is 20.7 Å². The van der Waals surface area contributed by atoms with Gasteiger partial charge in [0.25, 0.3) is 0 Å². The molecule has 0 unspecified atom stereocenters. The average molecular weight is 353 g/mol. The molecule has 2 aromatic rings. The van der Waals surface area contributed by atoms with Crippen LogP contribution in [0.3, 0.4) is 0 Å². The van der Waals surface area contributed by atoms with Crippen molar-refractivity contribution in [3.63, 3.8) is 0 Å². The maximum Gasteiger partial charge on any atom is 0.175 e. The minimum Gasteiger partial charge on any atom is -0.332 e. The molecule has 0 fully saturated rings. The van der Waals surface area contributed by atoms with Crippen LogP contribution in [0, 0.1) is 0 Å². The summed E-state index contributed by atoms with van der Waals surface area (Å²) in [7, 11) is 0. The number of hydrogen-bond donors (Lipinski definition) is 2. The lowest BCUT2D eigenvalue weighted by Gasteiger charge is -2.11. The zero-order valence-electron chi connectivity index (χ0n) is 10.3. The van der Waals surface area contributed by atoms with Crippen molar-refractivity contribution in [2.24, 2.45) is 0 Å². The Morgan fingerprint density at radius 2 is 1.74 bits per heavy atom. The van der Waals surface area contributed by atoms with Crippen molar-refractivity contribution in [3.8, 4) is 0 Å². The summed E-state index contributed by atoms with van der Waals surface area (Å²) in [6.07, 6.45) is 2.05. The molecule has 0 aromatic heterocycles. The second-order valence-corrected chi connectivity index (χ2v) is 6.02. The first-order valence-electron chi connectivity index (χ1n) is 5.65. The van der Waals surface area contributed by atoms with Crippen LogP contribution in [-0.4, -0.2) is 11.4 Å². The van der Waals surface area contributed by atoms with E-state index in [4.69, 9.17) is 12.2 Å². The fourth-order valence-electron chi connectivity index (χ4n) is 1.53. The summed E-state index contributed by atoms with van der Waals surface area (Å²) in [4.78, 5) is 1.21. The molecule has 19 heavy (non-hydrogen) atoms. The van der Waals surface area contributed by atoms with Crippen molar-refractivity contribution in [2.75, 3.05) is 16.9 Å². The Morgan fingerprint density at radius 1 is 1.05 bits per heavy atom. The maximum atomic E-state index is 5.29. The van der Waals surface area contributed by atoms with Gasteiger partial charge in [0.15, 0.2) is 5.11 Å². The van der Waals surface area contributed by atoms with Crippen LogP contribution in [0.1, 0.15) is 0 Å². The summed E-state index contributed by atoms with van der Waals surface area (Å²) in [6.45, 7) is 0. The first kappa shape index (κ1) is 14.4. The van der Waals surface area contributed by atoms with E-state index in [9.17, 15) is 0 Å². The summed E-state index contributed by atoms with van der Waals surface area (Å²) in [5.41, 5.74) is 1.95. The van der Waals surface area contributed by atoms with Gasteiger partial charge >= 0.3 is 0 Å². The number of thiocarbonyl (C=S) groups is 1. The predicted octanol–water partition coefficient (Wildman–Crippen LogP) is 4.98. The highest BCUT2D eigenvalue weighted by Gasteiger charge is 2.00. The molecule has 0 radical (unpaired) electrons. The fraction of sp³-hybridized carbons (Fsp3) is 0.0714. The van der Waals surface area contributed by atoms with E-state index in [0.717, 1.165) is 15.8 Å². The number of halogens is 1. The summed E-state index contributed by atoms with van der Waals surface area (Å²) in [6, 6.07) is 16.0. The van der Waals surface area contributed by atoms with Crippen molar-refractivity contribution >= 4 is 56.4 Å². The molecule has 0 amide bonds. The Bertz CT molecular complexity index is 570. The molecule has 0 saturated carbocycles. The van der Waals surface area contributed by atoms with Crippen LogP contribution < -0.4 is 10.6 Å². The van der Waals surface area contributed by atoms with Crippen LogP contribution >= 0.6 is 39.9 Å². The lowest BCUT2D eigenvalue weighted by molar-refractivity contribution is 1.45. The molecular weight excluding hydrogens is 340 g/mol. The van der Waals surface area contributed by atoms with Gasteiger partial charge in [-0.05, 0) is 60.9 Å². The van der Waals surface area contributed by atoms with Gasteiger partial charge in [0.1, 0.15) is 0 Å². The predicted molar refractivity (Wildman–Crippen MR) is 92.2 cm³/mol. The van der Waals surface area contributed by atoms with Gasteiger partial charge in [-0.2, -0.15) is 0 Å². The molecule has 0 aliphatic rings. The smallest absolute Gasteiger partial charge is 0.175 e. The molecule has 2 aromatic carbocycles. The second-order valence-electron chi connectivity index (χ2n) is 3.82. The van der Waals surface area contributed by atoms with Crippen molar-refractivity contribution < 1.29 is 0 Å². The number of hydrogen-bond acceptors (Lipinski definition) is 2. The number of rotatable bonds is 3. The molecule has 98 valence electrons. The monoisotopic (exact) mass is 352 g/mol. The van der Waals surface area contributed by atoms with Crippen LogP contribution in [0.5, 0.6) is 0 Å². The van der Waals surface area contributed by atoms with E-state index in [1.165, 1.54) is 4.90 Å². The van der Waals surface area contributed by atoms with Crippen molar-refractivity contribution in [3.05, 3.63) is 53.0 Å². The van der Waals surface area contributed by atoms with Crippen LogP contribution in [-0.2, 0) is 0 Å². The third-order valence-electron chi connectivity index (χ3n) is 2.43. The van der Waals surface area contributed by atoms with Crippen LogP contribution in [0.2, 0.25) is 0 Å². The summed E-state index contributed by atoms with van der Waals surface area (Å²) < 4.78 is 1.05. The van der Waals surface area contributed by atoms with E-state index >= 15 is 0 Å². The zero-order valence-corrected chi connectivity index (χ0v) is 13.5. The van der Waals surface area contributed by atoms with Crippen molar-refractivity contribution in [1.82, 2.24) is 0 Å². The molecule has 0 spiro atoms. The van der Waals surface area contributed by atoms with Gasteiger partial charge in [0.05, 0.1) is 0 Å². The minimum atomic E-state index is 0.584. The Labute approximate surface area is 131 Å². The van der Waals surface area contributed by atoms with E-state index < -0.39 is 0 Å². The maximum absolute atomic E-state index is 5.29. The standard InChI is InChI=1S/C14H13BrN2S2/c1-19-13-4-2-3-12(9-13)17-14(18)16-11-7-5-10(15)6-8-11/h2-9H,1H3,(H2,16,17,18). The van der Waals surface area contributed by atoms with Crippen LogP contribution in [0.15, 0.2) is 57.9 Å². The fourth-order valence-corrected chi connectivity index (χ4v) is 2.49. The van der Waals surface area contributed by atoms with Crippen LogP contribution in [0.4, 0.5) is 11.4 Å². The molecule has 2 nitrogen and oxygen atoms in total. The van der Waals surface area contributed by atoms with E-state index in [0.29, 0.717) is 5.11 Å². The molecule has 0 saturated heterocycles. The van der Waals surface area contributed by atoms with Gasteiger partial charge in [-0.3, -0.25) is 0 Å². The lowest BCUT2D eigenvalue weighted by Crippen LogP contribution is -2.18. The highest BCUT2D eigenvalue weighted by atomic mass is 79.9. The van der Waals surface area contributed by atoms with Crippen molar-refractivity contribution in [2.45, 2.75) is 4.90 Å². The molecule has 5 heteroatoms. The molecule has 0 aliphatic heterocycles. The molecule has 0 atom stereocenters. The summed E-state index contributed by atoms with van der Waals surface area (Å²) >= 11 is 10.4. The van der Waals surface area contributed by atoms with Gasteiger partial charge in [0.2, 0.25) is 0 Å². The zero-order chi connectivity index (χ0) is 13.7. The normalized spacial score (nSPS) is 10.0. The lowest BCUT2D eigenvalue weighted by atomic mass is 10.3. The van der Waals surface area contributed by atoms with Crippen LogP contribution in [0.25, 0.3) is 0 Å². The summed E-state index contributed by atoms with van der Waals surface area (Å²) in [5, 5.41) is 6.91.